The Morgan fingerprint density at radius 1 is 1.36 bits per heavy atom. The van der Waals surface area contributed by atoms with Gasteiger partial charge in [0, 0.05) is 27.3 Å². The average molecular weight is 305 g/mol. The molecule has 1 aromatic rings. The van der Waals surface area contributed by atoms with Gasteiger partial charge in [-0.05, 0) is 0 Å². The summed E-state index contributed by atoms with van der Waals surface area (Å²) >= 11 is 0. The van der Waals surface area contributed by atoms with Crippen molar-refractivity contribution in [2.45, 2.75) is 0 Å². The highest BCUT2D eigenvalue weighted by atomic mass is 16.5. The second-order valence-electron chi connectivity index (χ2n) is 4.55. The number of aldehydes is 1. The molecule has 0 saturated carbocycles. The summed E-state index contributed by atoms with van der Waals surface area (Å²) < 4.78 is 5.44. The van der Waals surface area contributed by atoms with Crippen LogP contribution in [0.25, 0.3) is 0 Å². The number of aromatic nitrogens is 1. The quantitative estimate of drug-likeness (QED) is 0.495. The molecule has 0 aliphatic carbocycles. The lowest BCUT2D eigenvalue weighted by atomic mass is 10.1. The van der Waals surface area contributed by atoms with E-state index in [1.54, 1.807) is 14.1 Å². The number of carbonyl (C=O) groups is 3. The van der Waals surface area contributed by atoms with Crippen LogP contribution in [-0.4, -0.2) is 49.1 Å². The van der Waals surface area contributed by atoms with Crippen LogP contribution in [0.4, 0.5) is 5.69 Å². The van der Waals surface area contributed by atoms with Crippen molar-refractivity contribution in [2.24, 2.45) is 0 Å². The SMILES string of the molecule is CNNC(=O)C1=C(C=O)Oc2c(cncc2C(=O)N(C)C)N1. The van der Waals surface area contributed by atoms with Gasteiger partial charge in [0.25, 0.3) is 11.8 Å². The van der Waals surface area contributed by atoms with Gasteiger partial charge in [-0.2, -0.15) is 0 Å². The smallest absolute Gasteiger partial charge is 0.285 e. The van der Waals surface area contributed by atoms with E-state index in [9.17, 15) is 14.4 Å². The second kappa shape index (κ2) is 6.22. The Balaban J connectivity index is 2.45. The maximum atomic E-state index is 12.1. The molecule has 0 bridgehead atoms. The molecule has 0 atom stereocenters. The van der Waals surface area contributed by atoms with Gasteiger partial charge in [0.2, 0.25) is 0 Å². The van der Waals surface area contributed by atoms with E-state index in [2.05, 4.69) is 21.2 Å². The Kier molecular flexibility index (Phi) is 4.37. The van der Waals surface area contributed by atoms with Crippen LogP contribution in [0.1, 0.15) is 10.4 Å². The van der Waals surface area contributed by atoms with Gasteiger partial charge in [-0.3, -0.25) is 24.8 Å². The maximum Gasteiger partial charge on any atom is 0.285 e. The van der Waals surface area contributed by atoms with E-state index in [0.717, 1.165) is 0 Å². The molecule has 2 heterocycles. The van der Waals surface area contributed by atoms with E-state index >= 15 is 0 Å². The van der Waals surface area contributed by atoms with E-state index in [0.29, 0.717) is 12.0 Å². The Labute approximate surface area is 126 Å². The zero-order valence-electron chi connectivity index (χ0n) is 12.3. The predicted octanol–water partition coefficient (Wildman–Crippen LogP) is -0.751. The molecule has 9 heteroatoms. The van der Waals surface area contributed by atoms with Gasteiger partial charge < -0.3 is 15.0 Å². The van der Waals surface area contributed by atoms with Crippen LogP contribution >= 0.6 is 0 Å². The van der Waals surface area contributed by atoms with Crippen molar-refractivity contribution < 1.29 is 19.1 Å². The fourth-order valence-corrected chi connectivity index (χ4v) is 1.83. The molecule has 0 radical (unpaired) electrons. The summed E-state index contributed by atoms with van der Waals surface area (Å²) in [6, 6.07) is 0. The number of rotatable bonds is 4. The van der Waals surface area contributed by atoms with E-state index in [1.165, 1.54) is 24.3 Å². The molecule has 1 aliphatic heterocycles. The fourth-order valence-electron chi connectivity index (χ4n) is 1.83. The highest BCUT2D eigenvalue weighted by molar-refractivity contribution is 6.04. The summed E-state index contributed by atoms with van der Waals surface area (Å²) in [6.45, 7) is 0. The van der Waals surface area contributed by atoms with Crippen molar-refractivity contribution in [1.82, 2.24) is 20.7 Å². The number of allylic oxidation sites excluding steroid dienone is 1. The van der Waals surface area contributed by atoms with Gasteiger partial charge in [-0.25, -0.2) is 5.43 Å². The molecule has 2 rings (SSSR count). The number of fused-ring (bicyclic) bond motifs is 1. The molecule has 22 heavy (non-hydrogen) atoms. The number of nitrogens with zero attached hydrogens (tertiary/aromatic N) is 2. The zero-order valence-corrected chi connectivity index (χ0v) is 12.3. The first kappa shape index (κ1) is 15.4. The van der Waals surface area contributed by atoms with Gasteiger partial charge in [-0.1, -0.05) is 0 Å². The Bertz CT molecular complexity index is 668. The van der Waals surface area contributed by atoms with Crippen LogP contribution in [0.5, 0.6) is 5.75 Å². The van der Waals surface area contributed by atoms with Gasteiger partial charge in [0.1, 0.15) is 11.3 Å². The van der Waals surface area contributed by atoms with E-state index in [4.69, 9.17) is 4.74 Å². The third-order valence-electron chi connectivity index (χ3n) is 2.82. The molecule has 2 amide bonds. The number of anilines is 1. The highest BCUT2D eigenvalue weighted by Gasteiger charge is 2.28. The number of hydrogen-bond acceptors (Lipinski definition) is 7. The van der Waals surface area contributed by atoms with Crippen molar-refractivity contribution >= 4 is 23.8 Å². The number of hydrazine groups is 1. The molecule has 9 nitrogen and oxygen atoms in total. The van der Waals surface area contributed by atoms with Crippen LogP contribution in [0.15, 0.2) is 23.8 Å². The van der Waals surface area contributed by atoms with E-state index in [1.807, 2.05) is 0 Å². The number of hydrogen-bond donors (Lipinski definition) is 3. The molecule has 1 aromatic heterocycles. The Hall–Kier alpha value is -2.94. The van der Waals surface area contributed by atoms with Crippen molar-refractivity contribution in [3.05, 3.63) is 29.4 Å². The van der Waals surface area contributed by atoms with Crippen LogP contribution in [-0.2, 0) is 9.59 Å². The monoisotopic (exact) mass is 305 g/mol. The van der Waals surface area contributed by atoms with Crippen molar-refractivity contribution in [1.29, 1.82) is 0 Å². The molecule has 0 unspecified atom stereocenters. The standard InChI is InChI=1S/C13H15N5O4/c1-14-17-12(20)10-9(6-19)22-11-7(13(21)18(2)3)4-15-5-8(11)16-10/h4-6,14,16H,1-3H3,(H,17,20). The summed E-state index contributed by atoms with van der Waals surface area (Å²) in [4.78, 5) is 40.5. The van der Waals surface area contributed by atoms with Crippen LogP contribution in [0, 0.1) is 0 Å². The first-order chi connectivity index (χ1) is 10.5. The highest BCUT2D eigenvalue weighted by Crippen LogP contribution is 2.35. The largest absolute Gasteiger partial charge is 0.448 e. The summed E-state index contributed by atoms with van der Waals surface area (Å²) in [5.41, 5.74) is 5.20. The molecule has 3 N–H and O–H groups in total. The number of carbonyl (C=O) groups excluding carboxylic acids is 3. The molecule has 1 aliphatic rings. The van der Waals surface area contributed by atoms with Gasteiger partial charge >= 0.3 is 0 Å². The van der Waals surface area contributed by atoms with Crippen LogP contribution in [0.3, 0.4) is 0 Å². The summed E-state index contributed by atoms with van der Waals surface area (Å²) in [7, 11) is 4.67. The minimum Gasteiger partial charge on any atom is -0.448 e. The maximum absolute atomic E-state index is 12.1. The van der Waals surface area contributed by atoms with Crippen molar-refractivity contribution in [3.63, 3.8) is 0 Å². The first-order valence-electron chi connectivity index (χ1n) is 6.30. The molecule has 0 fully saturated rings. The number of pyridine rings is 1. The second-order valence-corrected chi connectivity index (χ2v) is 4.55. The zero-order chi connectivity index (χ0) is 16.3. The number of ether oxygens (including phenoxy) is 1. The minimum absolute atomic E-state index is 0.0758. The topological polar surface area (TPSA) is 113 Å². The lowest BCUT2D eigenvalue weighted by Crippen LogP contribution is -2.39. The number of amides is 2. The first-order valence-corrected chi connectivity index (χ1v) is 6.30. The van der Waals surface area contributed by atoms with E-state index < -0.39 is 5.91 Å². The summed E-state index contributed by atoms with van der Waals surface area (Å²) in [5.74, 6) is -0.991. The predicted molar refractivity (Wildman–Crippen MR) is 76.8 cm³/mol. The molecule has 0 saturated heterocycles. The Morgan fingerprint density at radius 2 is 2.09 bits per heavy atom. The summed E-state index contributed by atoms with van der Waals surface area (Å²) in [5, 5.41) is 2.75. The Morgan fingerprint density at radius 3 is 2.68 bits per heavy atom. The molecule has 0 aromatic carbocycles. The summed E-state index contributed by atoms with van der Waals surface area (Å²) in [6.07, 6.45) is 3.13. The van der Waals surface area contributed by atoms with Crippen LogP contribution in [0.2, 0.25) is 0 Å². The molecule has 0 spiro atoms. The number of nitrogens with one attached hydrogen (secondary N) is 3. The van der Waals surface area contributed by atoms with Crippen LogP contribution < -0.4 is 20.9 Å². The lowest BCUT2D eigenvalue weighted by molar-refractivity contribution is -0.119. The van der Waals surface area contributed by atoms with E-state index in [-0.39, 0.29) is 28.7 Å². The average Bonchev–Trinajstić information content (AvgIpc) is 2.52. The fraction of sp³-hybridized carbons (Fsp3) is 0.231. The third-order valence-corrected chi connectivity index (χ3v) is 2.82. The molecular weight excluding hydrogens is 290 g/mol. The van der Waals surface area contributed by atoms with Gasteiger partial charge in [0.05, 0.1) is 6.20 Å². The van der Waals surface area contributed by atoms with Gasteiger partial charge in [0.15, 0.2) is 23.5 Å². The van der Waals surface area contributed by atoms with Gasteiger partial charge in [-0.15, -0.1) is 0 Å². The molecule has 116 valence electrons. The normalized spacial score (nSPS) is 12.7. The van der Waals surface area contributed by atoms with Crippen molar-refractivity contribution in [2.75, 3.05) is 26.5 Å². The lowest BCUT2D eigenvalue weighted by Gasteiger charge is -2.23. The third kappa shape index (κ3) is 2.74. The molecular formula is C13H15N5O4. The van der Waals surface area contributed by atoms with Crippen molar-refractivity contribution in [3.8, 4) is 5.75 Å². The minimum atomic E-state index is -0.584.